The first-order valence-electron chi connectivity index (χ1n) is 10.7. The van der Waals surface area contributed by atoms with Gasteiger partial charge in [-0.3, -0.25) is 9.69 Å². The summed E-state index contributed by atoms with van der Waals surface area (Å²) in [4.78, 5) is 19.7. The number of para-hydroxylation sites is 1. The van der Waals surface area contributed by atoms with Crippen LogP contribution in [0.15, 0.2) is 71.3 Å². The van der Waals surface area contributed by atoms with E-state index in [0.29, 0.717) is 24.7 Å². The lowest BCUT2D eigenvalue weighted by Gasteiger charge is -2.18. The topological polar surface area (TPSA) is 55.6 Å². The van der Waals surface area contributed by atoms with Crippen LogP contribution in [-0.2, 0) is 17.1 Å². The number of nitrogens with zero attached hydrogens (tertiary/aromatic N) is 2. The molecule has 7 heteroatoms. The van der Waals surface area contributed by atoms with E-state index in [1.165, 1.54) is 16.9 Å². The van der Waals surface area contributed by atoms with Crippen LogP contribution in [0.4, 0.5) is 5.13 Å². The Kier molecular flexibility index (Phi) is 7.85. The predicted molar refractivity (Wildman–Crippen MR) is 133 cm³/mol. The number of ether oxygens (including phenoxy) is 1. The summed E-state index contributed by atoms with van der Waals surface area (Å²) in [5.41, 5.74) is 2.10. The second-order valence-electron chi connectivity index (χ2n) is 7.23. The molecular weight excluding hydrogens is 440 g/mol. The van der Waals surface area contributed by atoms with E-state index < -0.39 is 0 Å². The van der Waals surface area contributed by atoms with Crippen LogP contribution in [-0.4, -0.2) is 23.3 Å². The molecule has 0 saturated carbocycles. The van der Waals surface area contributed by atoms with Crippen LogP contribution >= 0.6 is 23.1 Å². The minimum Gasteiger partial charge on any atom is -0.492 e. The van der Waals surface area contributed by atoms with E-state index in [1.807, 2.05) is 55.1 Å². The smallest absolute Gasteiger partial charge is 0.229 e. The first kappa shape index (κ1) is 22.4. The van der Waals surface area contributed by atoms with Crippen molar-refractivity contribution >= 4 is 44.4 Å². The fourth-order valence-corrected chi connectivity index (χ4v) is 5.27. The van der Waals surface area contributed by atoms with Gasteiger partial charge in [0.05, 0.1) is 24.1 Å². The van der Waals surface area contributed by atoms with E-state index in [4.69, 9.17) is 14.1 Å². The number of carbonyl (C=O) groups is 1. The molecule has 0 aliphatic carbocycles. The fraction of sp³-hybridized carbons (Fsp3) is 0.280. The number of hydrogen-bond acceptors (Lipinski definition) is 6. The summed E-state index contributed by atoms with van der Waals surface area (Å²) in [5.74, 6) is 3.43. The quantitative estimate of drug-likeness (QED) is 0.235. The number of benzene rings is 2. The lowest BCUT2D eigenvalue weighted by molar-refractivity contribution is -0.118. The van der Waals surface area contributed by atoms with Crippen molar-refractivity contribution in [2.75, 3.05) is 17.3 Å². The number of amides is 1. The minimum atomic E-state index is 0.0544. The molecule has 0 N–H and O–H groups in total. The van der Waals surface area contributed by atoms with Crippen molar-refractivity contribution in [1.82, 2.24) is 4.98 Å². The molecular formula is C25H26N2O3S2. The maximum atomic E-state index is 13.2. The molecule has 0 atom stereocenters. The molecule has 0 fully saturated rings. The molecule has 2 aromatic carbocycles. The van der Waals surface area contributed by atoms with Crippen molar-refractivity contribution in [1.29, 1.82) is 0 Å². The maximum absolute atomic E-state index is 13.2. The van der Waals surface area contributed by atoms with Gasteiger partial charge in [0.25, 0.3) is 0 Å². The van der Waals surface area contributed by atoms with Gasteiger partial charge < -0.3 is 9.15 Å². The molecule has 2 aromatic heterocycles. The predicted octanol–water partition coefficient (Wildman–Crippen LogP) is 6.53. The van der Waals surface area contributed by atoms with E-state index in [9.17, 15) is 4.79 Å². The highest BCUT2D eigenvalue weighted by atomic mass is 32.2. The molecule has 0 radical (unpaired) electrons. The monoisotopic (exact) mass is 466 g/mol. The van der Waals surface area contributed by atoms with Gasteiger partial charge in [0.2, 0.25) is 5.91 Å². The molecule has 0 spiro atoms. The van der Waals surface area contributed by atoms with E-state index in [2.05, 4.69) is 24.3 Å². The molecule has 0 bridgehead atoms. The Morgan fingerprint density at radius 2 is 2.00 bits per heavy atom. The first-order chi connectivity index (χ1) is 15.7. The molecule has 0 aliphatic heterocycles. The molecule has 2 heterocycles. The zero-order valence-electron chi connectivity index (χ0n) is 18.0. The summed E-state index contributed by atoms with van der Waals surface area (Å²) in [6.45, 7) is 2.89. The van der Waals surface area contributed by atoms with E-state index in [-0.39, 0.29) is 5.91 Å². The second-order valence-corrected chi connectivity index (χ2v) is 9.35. The summed E-state index contributed by atoms with van der Waals surface area (Å²) in [5, 5.41) is 0.672. The van der Waals surface area contributed by atoms with Crippen molar-refractivity contribution in [2.24, 2.45) is 0 Å². The lowest BCUT2D eigenvalue weighted by Crippen LogP contribution is -2.30. The van der Waals surface area contributed by atoms with Gasteiger partial charge in [0.15, 0.2) is 5.13 Å². The Morgan fingerprint density at radius 1 is 1.12 bits per heavy atom. The van der Waals surface area contributed by atoms with Crippen LogP contribution in [0.2, 0.25) is 0 Å². The van der Waals surface area contributed by atoms with Gasteiger partial charge in [-0.25, -0.2) is 4.98 Å². The molecule has 0 saturated heterocycles. The zero-order valence-corrected chi connectivity index (χ0v) is 19.7. The number of rotatable bonds is 11. The third kappa shape index (κ3) is 5.72. The third-order valence-electron chi connectivity index (χ3n) is 4.89. The highest BCUT2D eigenvalue weighted by Crippen LogP contribution is 2.35. The van der Waals surface area contributed by atoms with Crippen LogP contribution in [0.5, 0.6) is 5.75 Å². The maximum Gasteiger partial charge on any atom is 0.229 e. The number of aromatic nitrogens is 1. The Balaban J connectivity index is 1.44. The Labute approximate surface area is 196 Å². The van der Waals surface area contributed by atoms with Crippen molar-refractivity contribution in [3.8, 4) is 5.75 Å². The highest BCUT2D eigenvalue weighted by molar-refractivity contribution is 7.98. The molecule has 4 aromatic rings. The average Bonchev–Trinajstić information content (AvgIpc) is 3.48. The van der Waals surface area contributed by atoms with Crippen LogP contribution < -0.4 is 9.64 Å². The average molecular weight is 467 g/mol. The Bertz CT molecular complexity index is 1130. The molecule has 4 rings (SSSR count). The Morgan fingerprint density at radius 3 is 2.78 bits per heavy atom. The fourth-order valence-electron chi connectivity index (χ4n) is 3.34. The molecule has 0 unspecified atom stereocenters. The van der Waals surface area contributed by atoms with Gasteiger partial charge in [-0.15, -0.1) is 0 Å². The van der Waals surface area contributed by atoms with Gasteiger partial charge in [-0.05, 0) is 48.9 Å². The van der Waals surface area contributed by atoms with Crippen molar-refractivity contribution in [2.45, 2.75) is 32.1 Å². The SMILES string of the molecule is CCOc1cccc2sc(N(Cc3ccco3)C(=O)CCCSCc3ccccc3)nc12. The number of fused-ring (bicyclic) bond motifs is 1. The van der Waals surface area contributed by atoms with Crippen LogP contribution in [0.3, 0.4) is 0 Å². The number of thioether (sulfide) groups is 1. The van der Waals surface area contributed by atoms with Gasteiger partial charge in [0.1, 0.15) is 17.0 Å². The van der Waals surface area contributed by atoms with Gasteiger partial charge >= 0.3 is 0 Å². The summed E-state index contributed by atoms with van der Waals surface area (Å²) in [6, 6.07) is 20.0. The van der Waals surface area contributed by atoms with Gasteiger partial charge in [-0.1, -0.05) is 47.7 Å². The molecule has 1 amide bonds. The van der Waals surface area contributed by atoms with Crippen LogP contribution in [0, 0.1) is 0 Å². The van der Waals surface area contributed by atoms with Crippen LogP contribution in [0.1, 0.15) is 31.1 Å². The summed E-state index contributed by atoms with van der Waals surface area (Å²) < 4.78 is 12.2. The number of hydrogen-bond donors (Lipinski definition) is 0. The largest absolute Gasteiger partial charge is 0.492 e. The molecule has 0 aliphatic rings. The Hall–Kier alpha value is -2.77. The third-order valence-corrected chi connectivity index (χ3v) is 7.05. The standard InChI is InChI=1S/C25H26N2O3S2/c1-2-29-21-12-6-13-22-24(21)26-25(32-22)27(17-20-11-7-15-30-20)23(28)14-8-16-31-18-19-9-4-3-5-10-19/h3-7,9-13,15H,2,8,14,16-18H2,1H3. The van der Waals surface area contributed by atoms with E-state index >= 15 is 0 Å². The van der Waals surface area contributed by atoms with Crippen molar-refractivity contribution < 1.29 is 13.9 Å². The molecule has 5 nitrogen and oxygen atoms in total. The summed E-state index contributed by atoms with van der Waals surface area (Å²) in [7, 11) is 0. The van der Waals surface area contributed by atoms with Crippen LogP contribution in [0.25, 0.3) is 10.2 Å². The minimum absolute atomic E-state index is 0.0544. The van der Waals surface area contributed by atoms with Gasteiger partial charge in [-0.2, -0.15) is 11.8 Å². The van der Waals surface area contributed by atoms with Crippen molar-refractivity contribution in [3.63, 3.8) is 0 Å². The number of furan rings is 1. The van der Waals surface area contributed by atoms with Gasteiger partial charge in [0, 0.05) is 12.2 Å². The zero-order chi connectivity index (χ0) is 22.2. The molecule has 32 heavy (non-hydrogen) atoms. The van der Waals surface area contributed by atoms with Crippen molar-refractivity contribution in [3.05, 3.63) is 78.3 Å². The lowest BCUT2D eigenvalue weighted by atomic mass is 10.2. The highest BCUT2D eigenvalue weighted by Gasteiger charge is 2.22. The number of carbonyl (C=O) groups excluding carboxylic acids is 1. The first-order valence-corrected chi connectivity index (χ1v) is 12.7. The second kappa shape index (κ2) is 11.2. The van der Waals surface area contributed by atoms with E-state index in [1.54, 1.807) is 11.2 Å². The summed E-state index contributed by atoms with van der Waals surface area (Å²) >= 11 is 3.36. The number of anilines is 1. The normalized spacial score (nSPS) is 11.0. The summed E-state index contributed by atoms with van der Waals surface area (Å²) in [6.07, 6.45) is 2.92. The molecule has 166 valence electrons. The van der Waals surface area contributed by atoms with E-state index in [0.717, 1.165) is 39.7 Å². The number of thiazole rings is 1.